The summed E-state index contributed by atoms with van der Waals surface area (Å²) in [5, 5.41) is 0. The lowest BCUT2D eigenvalue weighted by molar-refractivity contribution is -0.140. The number of hydrogen-bond donors (Lipinski definition) is 0. The Bertz CT molecular complexity index is 667. The highest BCUT2D eigenvalue weighted by atomic mass is 16.6. The first kappa shape index (κ1) is 20.5. The molecular formula is C27H44O2. The summed E-state index contributed by atoms with van der Waals surface area (Å²) >= 11 is 0. The van der Waals surface area contributed by atoms with Crippen LogP contribution < -0.4 is 0 Å². The van der Waals surface area contributed by atoms with Crippen LogP contribution in [0.1, 0.15) is 105 Å². The number of Topliss-reactive ketones (excluding diaryl/α,β-unsaturated/α-hetero) is 1. The summed E-state index contributed by atoms with van der Waals surface area (Å²) in [6.45, 7) is 12.3. The molecule has 0 amide bonds. The molecule has 4 saturated carbocycles. The van der Waals surface area contributed by atoms with Crippen LogP contribution in [-0.4, -0.2) is 17.5 Å². The number of epoxide rings is 1. The van der Waals surface area contributed by atoms with E-state index in [2.05, 4.69) is 34.6 Å². The molecule has 5 rings (SSSR count). The molecular weight excluding hydrogens is 356 g/mol. The number of ketones is 1. The highest BCUT2D eigenvalue weighted by Gasteiger charge is 2.60. The zero-order valence-corrected chi connectivity index (χ0v) is 19.6. The quantitative estimate of drug-likeness (QED) is 0.485. The Hall–Kier alpha value is -0.370. The van der Waals surface area contributed by atoms with E-state index in [0.717, 1.165) is 42.4 Å². The number of fused-ring (bicyclic) bond motifs is 5. The zero-order valence-electron chi connectivity index (χ0n) is 19.6. The van der Waals surface area contributed by atoms with E-state index in [1.165, 1.54) is 57.8 Å². The van der Waals surface area contributed by atoms with Crippen molar-refractivity contribution in [1.29, 1.82) is 0 Å². The zero-order chi connectivity index (χ0) is 20.6. The van der Waals surface area contributed by atoms with Crippen LogP contribution in [0.2, 0.25) is 0 Å². The lowest BCUT2D eigenvalue weighted by Crippen LogP contribution is -2.53. The van der Waals surface area contributed by atoms with Crippen molar-refractivity contribution in [2.45, 2.75) is 117 Å². The average Bonchev–Trinajstić information content (AvgIpc) is 3.11. The predicted molar refractivity (Wildman–Crippen MR) is 118 cm³/mol. The molecule has 1 heterocycles. The maximum Gasteiger partial charge on any atom is 0.133 e. The van der Waals surface area contributed by atoms with Crippen LogP contribution in [-0.2, 0) is 9.53 Å². The van der Waals surface area contributed by atoms with Gasteiger partial charge in [0.15, 0.2) is 0 Å². The summed E-state index contributed by atoms with van der Waals surface area (Å²) in [5.74, 6) is 5.75. The van der Waals surface area contributed by atoms with Crippen molar-refractivity contribution in [1.82, 2.24) is 0 Å². The molecule has 0 aromatic heterocycles. The van der Waals surface area contributed by atoms with Gasteiger partial charge in [0.2, 0.25) is 0 Å². The van der Waals surface area contributed by atoms with Gasteiger partial charge >= 0.3 is 0 Å². The summed E-state index contributed by atoms with van der Waals surface area (Å²) in [7, 11) is 0. The Kier molecular flexibility index (Phi) is 4.82. The summed E-state index contributed by atoms with van der Waals surface area (Å²) in [6, 6.07) is 0. The lowest BCUT2D eigenvalue weighted by Gasteiger charge is -2.60. The number of carbonyl (C=O) groups excluding carboxylic acids is 1. The van der Waals surface area contributed by atoms with Gasteiger partial charge in [0, 0.05) is 12.8 Å². The molecule has 4 aliphatic carbocycles. The molecule has 1 aliphatic heterocycles. The third-order valence-corrected chi connectivity index (χ3v) is 11.3. The Morgan fingerprint density at radius 1 is 0.966 bits per heavy atom. The molecule has 0 spiro atoms. The van der Waals surface area contributed by atoms with Gasteiger partial charge in [-0.3, -0.25) is 4.79 Å². The van der Waals surface area contributed by atoms with Crippen LogP contribution in [0.3, 0.4) is 0 Å². The average molecular weight is 401 g/mol. The Morgan fingerprint density at radius 3 is 2.41 bits per heavy atom. The maximum atomic E-state index is 12.1. The molecule has 2 nitrogen and oxygen atoms in total. The first-order chi connectivity index (χ1) is 13.6. The van der Waals surface area contributed by atoms with Gasteiger partial charge in [0.25, 0.3) is 0 Å². The van der Waals surface area contributed by atoms with Gasteiger partial charge in [-0.15, -0.1) is 0 Å². The molecule has 2 heteroatoms. The van der Waals surface area contributed by atoms with Gasteiger partial charge < -0.3 is 4.74 Å². The molecule has 0 aromatic rings. The highest BCUT2D eigenvalue weighted by molar-refractivity contribution is 5.79. The Labute approximate surface area is 178 Å². The van der Waals surface area contributed by atoms with Crippen LogP contribution in [0.5, 0.6) is 0 Å². The topological polar surface area (TPSA) is 29.6 Å². The Morgan fingerprint density at radius 2 is 1.69 bits per heavy atom. The second-order valence-electron chi connectivity index (χ2n) is 12.9. The molecule has 1 saturated heterocycles. The fourth-order valence-corrected chi connectivity index (χ4v) is 9.38. The van der Waals surface area contributed by atoms with Crippen molar-refractivity contribution in [3.05, 3.63) is 0 Å². The van der Waals surface area contributed by atoms with E-state index >= 15 is 0 Å². The summed E-state index contributed by atoms with van der Waals surface area (Å²) < 4.78 is 5.86. The van der Waals surface area contributed by atoms with E-state index in [9.17, 15) is 4.79 Å². The number of ether oxygens (including phenoxy) is 1. The predicted octanol–water partition coefficient (Wildman–Crippen LogP) is 6.81. The molecule has 5 aliphatic rings. The third kappa shape index (κ3) is 3.17. The molecule has 1 unspecified atom stereocenters. The van der Waals surface area contributed by atoms with Gasteiger partial charge in [-0.1, -0.05) is 20.8 Å². The van der Waals surface area contributed by atoms with Crippen LogP contribution in [0.25, 0.3) is 0 Å². The fourth-order valence-electron chi connectivity index (χ4n) is 9.38. The van der Waals surface area contributed by atoms with E-state index in [0.29, 0.717) is 28.6 Å². The smallest absolute Gasteiger partial charge is 0.133 e. The first-order valence-corrected chi connectivity index (χ1v) is 12.8. The van der Waals surface area contributed by atoms with Gasteiger partial charge in [-0.25, -0.2) is 0 Å². The second kappa shape index (κ2) is 6.81. The standard InChI is InChI=1S/C27H44O2/c1-17(6-11-24-25(2,3)29-24)21-9-10-22-20-8-7-18-16-19(28)12-14-26(18,4)23(20)13-15-27(21,22)5/h17-18,20-24H,6-16H2,1-5H3/t17-,18-,20+,21-,22+,23+,24?,26+,27-/m1/s1. The third-order valence-electron chi connectivity index (χ3n) is 11.3. The molecule has 0 radical (unpaired) electrons. The van der Waals surface area contributed by atoms with Crippen molar-refractivity contribution in [2.24, 2.45) is 46.3 Å². The molecule has 164 valence electrons. The van der Waals surface area contributed by atoms with E-state index in [-0.39, 0.29) is 5.60 Å². The van der Waals surface area contributed by atoms with Crippen molar-refractivity contribution in [3.63, 3.8) is 0 Å². The SMILES string of the molecule is C[C@H](CCC1OC1(C)C)[C@H]1CC[C@H]2[C@@H]3CC[C@@H]4CC(=O)CC[C@]4(C)[C@H]3CC[C@]12C. The summed E-state index contributed by atoms with van der Waals surface area (Å²) in [5.41, 5.74) is 1.17. The minimum absolute atomic E-state index is 0.148. The van der Waals surface area contributed by atoms with Gasteiger partial charge in [-0.05, 0) is 118 Å². The van der Waals surface area contributed by atoms with Gasteiger partial charge in [0.1, 0.15) is 5.78 Å². The number of hydrogen-bond acceptors (Lipinski definition) is 2. The normalized spacial score (nSPS) is 51.7. The highest BCUT2D eigenvalue weighted by Crippen LogP contribution is 2.68. The largest absolute Gasteiger partial charge is 0.367 e. The van der Waals surface area contributed by atoms with Crippen molar-refractivity contribution >= 4 is 5.78 Å². The fraction of sp³-hybridized carbons (Fsp3) is 0.963. The minimum atomic E-state index is 0.148. The van der Waals surface area contributed by atoms with Crippen LogP contribution >= 0.6 is 0 Å². The molecule has 0 bridgehead atoms. The van der Waals surface area contributed by atoms with Crippen LogP contribution in [0.4, 0.5) is 0 Å². The first-order valence-electron chi connectivity index (χ1n) is 12.8. The second-order valence-corrected chi connectivity index (χ2v) is 12.9. The van der Waals surface area contributed by atoms with Crippen molar-refractivity contribution < 1.29 is 9.53 Å². The molecule has 29 heavy (non-hydrogen) atoms. The summed E-state index contributed by atoms with van der Waals surface area (Å²) in [4.78, 5) is 12.1. The van der Waals surface area contributed by atoms with Gasteiger partial charge in [0.05, 0.1) is 11.7 Å². The Balaban J connectivity index is 1.29. The van der Waals surface area contributed by atoms with Crippen molar-refractivity contribution in [2.75, 3.05) is 0 Å². The van der Waals surface area contributed by atoms with E-state index in [4.69, 9.17) is 4.74 Å². The molecule has 5 fully saturated rings. The van der Waals surface area contributed by atoms with E-state index in [1.807, 2.05) is 0 Å². The van der Waals surface area contributed by atoms with Gasteiger partial charge in [-0.2, -0.15) is 0 Å². The molecule has 0 N–H and O–H groups in total. The number of carbonyl (C=O) groups is 1. The van der Waals surface area contributed by atoms with E-state index < -0.39 is 0 Å². The maximum absolute atomic E-state index is 12.1. The lowest BCUT2D eigenvalue weighted by atomic mass is 9.44. The van der Waals surface area contributed by atoms with Crippen LogP contribution in [0, 0.1) is 46.3 Å². The summed E-state index contributed by atoms with van der Waals surface area (Å²) in [6.07, 6.45) is 14.6. The van der Waals surface area contributed by atoms with E-state index in [1.54, 1.807) is 0 Å². The molecule has 9 atom stereocenters. The number of rotatable bonds is 4. The minimum Gasteiger partial charge on any atom is -0.367 e. The van der Waals surface area contributed by atoms with Crippen molar-refractivity contribution in [3.8, 4) is 0 Å². The monoisotopic (exact) mass is 400 g/mol. The molecule has 0 aromatic carbocycles. The van der Waals surface area contributed by atoms with Crippen LogP contribution in [0.15, 0.2) is 0 Å².